The Labute approximate surface area is 118 Å². The van der Waals surface area contributed by atoms with Crippen LogP contribution in [0.25, 0.3) is 11.1 Å². The smallest absolute Gasteiger partial charge is 0.332 e. The van der Waals surface area contributed by atoms with Gasteiger partial charge < -0.3 is 10.2 Å². The molecule has 0 amide bonds. The van der Waals surface area contributed by atoms with Gasteiger partial charge in [-0.3, -0.25) is 0 Å². The number of benzene rings is 2. The van der Waals surface area contributed by atoms with Crippen molar-refractivity contribution in [2.24, 2.45) is 0 Å². The second-order valence-electron chi connectivity index (χ2n) is 4.96. The van der Waals surface area contributed by atoms with E-state index < -0.39 is 12.1 Å². The normalized spacial score (nSPS) is 12.1. The van der Waals surface area contributed by atoms with E-state index in [1.165, 1.54) is 5.56 Å². The van der Waals surface area contributed by atoms with Crippen molar-refractivity contribution in [1.29, 1.82) is 0 Å². The predicted octanol–water partition coefficient (Wildman–Crippen LogP) is 3.04. The van der Waals surface area contributed by atoms with E-state index in [-0.39, 0.29) is 6.42 Å². The van der Waals surface area contributed by atoms with Gasteiger partial charge in [-0.15, -0.1) is 0 Å². The Bertz CT molecular complexity index is 570. The fraction of sp³-hybridized carbons (Fsp3) is 0.235. The minimum absolute atomic E-state index is 0.235. The van der Waals surface area contributed by atoms with E-state index in [9.17, 15) is 9.90 Å². The largest absolute Gasteiger partial charge is 0.479 e. The number of aliphatic hydroxyl groups is 1. The van der Waals surface area contributed by atoms with Crippen LogP contribution in [0.4, 0.5) is 0 Å². The summed E-state index contributed by atoms with van der Waals surface area (Å²) in [5.74, 6) is -1.17. The van der Waals surface area contributed by atoms with Crippen molar-refractivity contribution >= 4 is 5.97 Å². The molecule has 0 aliphatic carbocycles. The van der Waals surface area contributed by atoms with Gasteiger partial charge in [0.2, 0.25) is 0 Å². The molecule has 0 fully saturated rings. The molecular weight excluding hydrogens is 252 g/mol. The maximum absolute atomic E-state index is 10.5. The fourth-order valence-electron chi connectivity index (χ4n) is 2.04. The summed E-state index contributed by atoms with van der Waals surface area (Å²) < 4.78 is 0. The molecule has 104 valence electrons. The Morgan fingerprint density at radius 1 is 1.00 bits per heavy atom. The van der Waals surface area contributed by atoms with E-state index in [0.717, 1.165) is 16.7 Å². The van der Waals surface area contributed by atoms with Crippen LogP contribution in [-0.2, 0) is 11.2 Å². The van der Waals surface area contributed by atoms with Gasteiger partial charge >= 0.3 is 5.97 Å². The number of aliphatic hydroxyl groups excluding tert-OH is 1. The first-order chi connectivity index (χ1) is 9.56. The van der Waals surface area contributed by atoms with Crippen LogP contribution >= 0.6 is 0 Å². The Morgan fingerprint density at radius 2 is 1.50 bits per heavy atom. The Kier molecular flexibility index (Phi) is 4.53. The van der Waals surface area contributed by atoms with E-state index in [0.29, 0.717) is 6.42 Å². The molecule has 1 unspecified atom stereocenters. The highest BCUT2D eigenvalue weighted by Gasteiger charge is 2.12. The lowest BCUT2D eigenvalue weighted by molar-refractivity contribution is -0.146. The number of carboxylic acids is 1. The lowest BCUT2D eigenvalue weighted by Crippen LogP contribution is -2.19. The van der Waals surface area contributed by atoms with Crippen LogP contribution in [0, 0.1) is 6.92 Å². The first-order valence-corrected chi connectivity index (χ1v) is 6.63. The molecule has 20 heavy (non-hydrogen) atoms. The molecule has 0 aliphatic rings. The number of aryl methyl sites for hydroxylation is 2. The van der Waals surface area contributed by atoms with Gasteiger partial charge in [0.05, 0.1) is 0 Å². The third kappa shape index (κ3) is 3.68. The zero-order valence-corrected chi connectivity index (χ0v) is 11.4. The Morgan fingerprint density at radius 3 is 2.00 bits per heavy atom. The van der Waals surface area contributed by atoms with E-state index >= 15 is 0 Å². The zero-order chi connectivity index (χ0) is 14.5. The number of hydrogen-bond donors (Lipinski definition) is 2. The summed E-state index contributed by atoms with van der Waals surface area (Å²) in [6.45, 7) is 2.06. The van der Waals surface area contributed by atoms with E-state index in [1.807, 2.05) is 24.3 Å². The van der Waals surface area contributed by atoms with Crippen molar-refractivity contribution in [3.8, 4) is 11.1 Å². The number of hydrogen-bond acceptors (Lipinski definition) is 2. The number of aliphatic carboxylic acids is 1. The minimum atomic E-state index is -1.29. The van der Waals surface area contributed by atoms with Crippen LogP contribution in [0.2, 0.25) is 0 Å². The van der Waals surface area contributed by atoms with Crippen LogP contribution in [0.15, 0.2) is 48.5 Å². The summed E-state index contributed by atoms with van der Waals surface area (Å²) in [5, 5.41) is 17.9. The standard InChI is InChI=1S/C17H18O3/c1-12-2-7-14(8-3-12)15-9-4-13(5-10-15)6-11-16(18)17(19)20/h2-5,7-10,16,18H,6,11H2,1H3,(H,19,20). The molecule has 1 atom stereocenters. The third-order valence-corrected chi connectivity index (χ3v) is 3.33. The highest BCUT2D eigenvalue weighted by molar-refractivity contribution is 5.71. The lowest BCUT2D eigenvalue weighted by atomic mass is 10.0. The summed E-state index contributed by atoms with van der Waals surface area (Å²) in [6, 6.07) is 16.3. The van der Waals surface area contributed by atoms with Gasteiger partial charge in [0.15, 0.2) is 6.10 Å². The van der Waals surface area contributed by atoms with Crippen molar-refractivity contribution in [3.05, 3.63) is 59.7 Å². The minimum Gasteiger partial charge on any atom is -0.479 e. The van der Waals surface area contributed by atoms with E-state index in [2.05, 4.69) is 31.2 Å². The molecule has 2 rings (SSSR count). The molecule has 3 nitrogen and oxygen atoms in total. The molecular formula is C17H18O3. The van der Waals surface area contributed by atoms with Crippen LogP contribution in [0.1, 0.15) is 17.5 Å². The molecule has 0 heterocycles. The zero-order valence-electron chi connectivity index (χ0n) is 11.4. The second kappa shape index (κ2) is 6.35. The maximum Gasteiger partial charge on any atom is 0.332 e. The summed E-state index contributed by atoms with van der Waals surface area (Å²) >= 11 is 0. The van der Waals surface area contributed by atoms with Crippen LogP contribution in [-0.4, -0.2) is 22.3 Å². The van der Waals surface area contributed by atoms with Gasteiger partial charge in [-0.25, -0.2) is 4.79 Å². The first-order valence-electron chi connectivity index (χ1n) is 6.63. The van der Waals surface area contributed by atoms with Crippen molar-refractivity contribution in [3.63, 3.8) is 0 Å². The molecule has 0 saturated carbocycles. The highest BCUT2D eigenvalue weighted by atomic mass is 16.4. The summed E-state index contributed by atoms with van der Waals surface area (Å²) in [7, 11) is 0. The highest BCUT2D eigenvalue weighted by Crippen LogP contribution is 2.20. The molecule has 0 spiro atoms. The SMILES string of the molecule is Cc1ccc(-c2ccc(CCC(O)C(=O)O)cc2)cc1. The van der Waals surface area contributed by atoms with Gasteiger partial charge in [0.25, 0.3) is 0 Å². The monoisotopic (exact) mass is 270 g/mol. The van der Waals surface area contributed by atoms with Crippen molar-refractivity contribution < 1.29 is 15.0 Å². The molecule has 0 aliphatic heterocycles. The van der Waals surface area contributed by atoms with Crippen molar-refractivity contribution in [2.45, 2.75) is 25.9 Å². The Hall–Kier alpha value is -2.13. The number of carbonyl (C=O) groups is 1. The molecule has 3 heteroatoms. The molecule has 0 saturated heterocycles. The van der Waals surface area contributed by atoms with Crippen LogP contribution in [0.3, 0.4) is 0 Å². The summed E-state index contributed by atoms with van der Waals surface area (Å²) in [5.41, 5.74) is 4.55. The number of rotatable bonds is 5. The second-order valence-corrected chi connectivity index (χ2v) is 4.96. The van der Waals surface area contributed by atoms with Gasteiger partial charge in [-0.1, -0.05) is 54.1 Å². The van der Waals surface area contributed by atoms with Gasteiger partial charge in [-0.2, -0.15) is 0 Å². The Balaban J connectivity index is 2.03. The lowest BCUT2D eigenvalue weighted by Gasteiger charge is -2.07. The first kappa shape index (κ1) is 14.3. The van der Waals surface area contributed by atoms with Gasteiger partial charge in [0.1, 0.15) is 0 Å². The predicted molar refractivity (Wildman–Crippen MR) is 78.6 cm³/mol. The van der Waals surface area contributed by atoms with Crippen LogP contribution in [0.5, 0.6) is 0 Å². The van der Waals surface area contributed by atoms with Crippen molar-refractivity contribution in [2.75, 3.05) is 0 Å². The molecule has 2 N–H and O–H groups in total. The number of carboxylic acid groups (broad SMARTS) is 1. The molecule has 2 aromatic carbocycles. The van der Waals surface area contributed by atoms with Crippen molar-refractivity contribution in [1.82, 2.24) is 0 Å². The van der Waals surface area contributed by atoms with E-state index in [4.69, 9.17) is 5.11 Å². The maximum atomic E-state index is 10.5. The van der Waals surface area contributed by atoms with E-state index in [1.54, 1.807) is 0 Å². The molecule has 0 aromatic heterocycles. The molecule has 2 aromatic rings. The topological polar surface area (TPSA) is 57.5 Å². The summed E-state index contributed by atoms with van der Waals surface area (Å²) in [4.78, 5) is 10.5. The average molecular weight is 270 g/mol. The molecule has 0 radical (unpaired) electrons. The van der Waals surface area contributed by atoms with Gasteiger partial charge in [-0.05, 0) is 36.5 Å². The van der Waals surface area contributed by atoms with Crippen LogP contribution < -0.4 is 0 Å². The third-order valence-electron chi connectivity index (χ3n) is 3.33. The average Bonchev–Trinajstić information content (AvgIpc) is 2.46. The molecule has 0 bridgehead atoms. The summed E-state index contributed by atoms with van der Waals surface area (Å²) in [6.07, 6.45) is -0.493. The van der Waals surface area contributed by atoms with Gasteiger partial charge in [0, 0.05) is 0 Å². The fourth-order valence-corrected chi connectivity index (χ4v) is 2.04. The quantitative estimate of drug-likeness (QED) is 0.878.